The summed E-state index contributed by atoms with van der Waals surface area (Å²) in [5.41, 5.74) is 3.70. The lowest BCUT2D eigenvalue weighted by Crippen LogP contribution is -2.46. The fourth-order valence-electron chi connectivity index (χ4n) is 4.23. The first-order valence-electron chi connectivity index (χ1n) is 11.6. The van der Waals surface area contributed by atoms with Crippen molar-refractivity contribution in [2.24, 2.45) is 0 Å². The molecular weight excluding hydrogens is 461 g/mol. The molecule has 1 unspecified atom stereocenters. The first-order chi connectivity index (χ1) is 17.4. The third kappa shape index (κ3) is 5.41. The molecule has 2 amide bonds. The van der Waals surface area contributed by atoms with Crippen LogP contribution < -0.4 is 10.2 Å². The van der Waals surface area contributed by atoms with Crippen LogP contribution in [0.3, 0.4) is 0 Å². The molecule has 1 atom stereocenters. The van der Waals surface area contributed by atoms with Gasteiger partial charge in [-0.25, -0.2) is 9.07 Å². The molecule has 4 rings (SSSR count). The van der Waals surface area contributed by atoms with Gasteiger partial charge in [-0.05, 0) is 55.3 Å². The molecule has 0 saturated carbocycles. The maximum Gasteiger partial charge on any atom is 0.249 e. The number of benzene rings is 3. The van der Waals surface area contributed by atoms with Crippen molar-refractivity contribution in [1.82, 2.24) is 20.3 Å². The molecule has 1 N–H and O–H groups in total. The average molecular weight is 490 g/mol. The summed E-state index contributed by atoms with van der Waals surface area (Å²) in [5.74, 6) is -1.54. The molecule has 1 aromatic heterocycles. The van der Waals surface area contributed by atoms with Crippen LogP contribution in [-0.4, -0.2) is 47.1 Å². The SMILES string of the molecule is COCCNC(=O)C(c1ccccc1F)N(C(=O)Cn1nnc2ccccc21)c1cc(C)cc(C)c1. The van der Waals surface area contributed by atoms with Crippen LogP contribution in [0.5, 0.6) is 0 Å². The number of aromatic nitrogens is 3. The van der Waals surface area contributed by atoms with Gasteiger partial charge in [-0.2, -0.15) is 0 Å². The molecule has 0 fully saturated rings. The summed E-state index contributed by atoms with van der Waals surface area (Å²) < 4.78 is 21.6. The Morgan fingerprint density at radius 2 is 1.75 bits per heavy atom. The van der Waals surface area contributed by atoms with Crippen LogP contribution in [0.25, 0.3) is 11.0 Å². The number of hydrogen-bond donors (Lipinski definition) is 1. The van der Waals surface area contributed by atoms with E-state index in [0.717, 1.165) is 11.1 Å². The zero-order chi connectivity index (χ0) is 25.7. The van der Waals surface area contributed by atoms with Crippen molar-refractivity contribution >= 4 is 28.5 Å². The maximum absolute atomic E-state index is 15.1. The zero-order valence-corrected chi connectivity index (χ0v) is 20.4. The van der Waals surface area contributed by atoms with Crippen molar-refractivity contribution in [2.75, 3.05) is 25.2 Å². The lowest BCUT2D eigenvalue weighted by atomic mass is 10.0. The van der Waals surface area contributed by atoms with E-state index in [1.807, 2.05) is 38.1 Å². The molecule has 4 aromatic rings. The smallest absolute Gasteiger partial charge is 0.249 e. The van der Waals surface area contributed by atoms with Crippen molar-refractivity contribution in [2.45, 2.75) is 26.4 Å². The van der Waals surface area contributed by atoms with E-state index >= 15 is 4.39 Å². The van der Waals surface area contributed by atoms with Crippen LogP contribution in [0.15, 0.2) is 66.7 Å². The summed E-state index contributed by atoms with van der Waals surface area (Å²) in [4.78, 5) is 28.8. The van der Waals surface area contributed by atoms with Gasteiger partial charge < -0.3 is 10.1 Å². The van der Waals surface area contributed by atoms with Crippen LogP contribution in [0.1, 0.15) is 22.7 Å². The molecule has 0 radical (unpaired) electrons. The third-order valence-electron chi connectivity index (χ3n) is 5.77. The number of nitrogens with one attached hydrogen (secondary N) is 1. The van der Waals surface area contributed by atoms with E-state index in [1.54, 1.807) is 30.3 Å². The van der Waals surface area contributed by atoms with Gasteiger partial charge in [0.1, 0.15) is 23.9 Å². The maximum atomic E-state index is 15.1. The molecule has 8 nitrogen and oxygen atoms in total. The van der Waals surface area contributed by atoms with Crippen LogP contribution in [-0.2, 0) is 20.9 Å². The number of carbonyl (C=O) groups excluding carboxylic acids is 2. The lowest BCUT2D eigenvalue weighted by Gasteiger charge is -2.32. The van der Waals surface area contributed by atoms with Crippen molar-refractivity contribution < 1.29 is 18.7 Å². The number of para-hydroxylation sites is 1. The van der Waals surface area contributed by atoms with E-state index < -0.39 is 23.7 Å². The molecule has 9 heteroatoms. The molecule has 186 valence electrons. The topological polar surface area (TPSA) is 89.4 Å². The number of amides is 2. The van der Waals surface area contributed by atoms with Crippen LogP contribution >= 0.6 is 0 Å². The van der Waals surface area contributed by atoms with Gasteiger partial charge in [-0.1, -0.05) is 41.6 Å². The summed E-state index contributed by atoms with van der Waals surface area (Å²) in [6, 6.07) is 17.6. The summed E-state index contributed by atoms with van der Waals surface area (Å²) in [6.07, 6.45) is 0. The van der Waals surface area contributed by atoms with E-state index in [1.165, 1.54) is 28.8 Å². The van der Waals surface area contributed by atoms with Crippen LogP contribution in [0.4, 0.5) is 10.1 Å². The number of hydrogen-bond acceptors (Lipinski definition) is 5. The average Bonchev–Trinajstić information content (AvgIpc) is 3.25. The van der Waals surface area contributed by atoms with Crippen LogP contribution in [0.2, 0.25) is 0 Å². The van der Waals surface area contributed by atoms with E-state index in [9.17, 15) is 9.59 Å². The quantitative estimate of drug-likeness (QED) is 0.362. The minimum Gasteiger partial charge on any atom is -0.383 e. The molecule has 3 aromatic carbocycles. The van der Waals surface area contributed by atoms with Crippen molar-refractivity contribution in [1.29, 1.82) is 0 Å². The highest BCUT2D eigenvalue weighted by atomic mass is 19.1. The molecule has 0 saturated heterocycles. The van der Waals surface area contributed by atoms with Crippen molar-refractivity contribution in [3.05, 3.63) is 89.2 Å². The fraction of sp³-hybridized carbons (Fsp3) is 0.259. The fourth-order valence-corrected chi connectivity index (χ4v) is 4.23. The summed E-state index contributed by atoms with van der Waals surface area (Å²) in [6.45, 7) is 4.10. The zero-order valence-electron chi connectivity index (χ0n) is 20.4. The van der Waals surface area contributed by atoms with Crippen molar-refractivity contribution in [3.63, 3.8) is 0 Å². The molecule has 1 heterocycles. The predicted octanol–water partition coefficient (Wildman–Crippen LogP) is 3.72. The Morgan fingerprint density at radius 1 is 1.06 bits per heavy atom. The monoisotopic (exact) mass is 489 g/mol. The number of ether oxygens (including phenoxy) is 1. The third-order valence-corrected chi connectivity index (χ3v) is 5.77. The van der Waals surface area contributed by atoms with Gasteiger partial charge in [-0.3, -0.25) is 14.5 Å². The lowest BCUT2D eigenvalue weighted by molar-refractivity contribution is -0.127. The number of anilines is 1. The highest BCUT2D eigenvalue weighted by molar-refractivity contribution is 6.01. The number of methoxy groups -OCH3 is 1. The minimum atomic E-state index is -1.26. The predicted molar refractivity (Wildman–Crippen MR) is 135 cm³/mol. The number of rotatable bonds is 9. The van der Waals surface area contributed by atoms with Gasteiger partial charge in [-0.15, -0.1) is 5.10 Å². The number of aryl methyl sites for hydroxylation is 2. The van der Waals surface area contributed by atoms with Gasteiger partial charge in [0.25, 0.3) is 0 Å². The number of fused-ring (bicyclic) bond motifs is 1. The standard InChI is InChI=1S/C27H28FN5O3/c1-18-14-19(2)16-20(15-18)33(25(34)17-32-24-11-7-6-10-23(24)30-31-32)26(27(35)29-12-13-36-3)21-8-4-5-9-22(21)28/h4-11,14-16,26H,12-13,17H2,1-3H3,(H,29,35). The van der Waals surface area contributed by atoms with Crippen LogP contribution in [0, 0.1) is 19.7 Å². The molecule has 0 aliphatic rings. The van der Waals surface area contributed by atoms with E-state index in [4.69, 9.17) is 4.74 Å². The van der Waals surface area contributed by atoms with Crippen molar-refractivity contribution in [3.8, 4) is 0 Å². The largest absolute Gasteiger partial charge is 0.383 e. The van der Waals surface area contributed by atoms with E-state index in [0.29, 0.717) is 16.7 Å². The Labute approximate surface area is 208 Å². The molecule has 0 bridgehead atoms. The summed E-state index contributed by atoms with van der Waals surface area (Å²) in [5, 5.41) is 11.0. The van der Waals surface area contributed by atoms with E-state index in [2.05, 4.69) is 15.6 Å². The highest BCUT2D eigenvalue weighted by Gasteiger charge is 2.35. The minimum absolute atomic E-state index is 0.0865. The second-order valence-electron chi connectivity index (χ2n) is 8.55. The van der Waals surface area contributed by atoms with E-state index in [-0.39, 0.29) is 25.3 Å². The molecule has 36 heavy (non-hydrogen) atoms. The Kier molecular flexibility index (Phi) is 7.70. The van der Waals surface area contributed by atoms with Gasteiger partial charge in [0.05, 0.1) is 12.1 Å². The second kappa shape index (κ2) is 11.1. The van der Waals surface area contributed by atoms with Gasteiger partial charge >= 0.3 is 0 Å². The Morgan fingerprint density at radius 3 is 2.47 bits per heavy atom. The first kappa shape index (κ1) is 25.0. The molecular formula is C27H28FN5O3. The van der Waals surface area contributed by atoms with Gasteiger partial charge in [0.15, 0.2) is 0 Å². The molecule has 0 aliphatic carbocycles. The first-order valence-corrected chi connectivity index (χ1v) is 11.6. The number of halogens is 1. The van der Waals surface area contributed by atoms with Gasteiger partial charge in [0, 0.05) is 24.9 Å². The highest BCUT2D eigenvalue weighted by Crippen LogP contribution is 2.31. The number of carbonyl (C=O) groups is 2. The Bertz CT molecular complexity index is 1370. The second-order valence-corrected chi connectivity index (χ2v) is 8.55. The Balaban J connectivity index is 1.82. The molecule has 0 spiro atoms. The van der Waals surface area contributed by atoms with Gasteiger partial charge in [0.2, 0.25) is 11.8 Å². The summed E-state index contributed by atoms with van der Waals surface area (Å²) >= 11 is 0. The number of nitrogens with zero attached hydrogens (tertiary/aromatic N) is 4. The normalized spacial score (nSPS) is 11.9. The summed E-state index contributed by atoms with van der Waals surface area (Å²) in [7, 11) is 1.52. The Hall–Kier alpha value is -4.11. The molecule has 0 aliphatic heterocycles.